The topological polar surface area (TPSA) is 108 Å². The van der Waals surface area contributed by atoms with Crippen LogP contribution >= 0.6 is 0 Å². The molecule has 0 aliphatic heterocycles. The molecule has 0 heterocycles. The molecule has 2 N–H and O–H groups in total. The number of hydrogen-bond acceptors (Lipinski definition) is 5. The Morgan fingerprint density at radius 1 is 1.50 bits per heavy atom. The number of carbonyl (C=O) groups excluding carboxylic acids is 1. The van der Waals surface area contributed by atoms with Crippen LogP contribution in [-0.4, -0.2) is 27.2 Å². The fourth-order valence-corrected chi connectivity index (χ4v) is 1.81. The van der Waals surface area contributed by atoms with Crippen molar-refractivity contribution in [3.63, 3.8) is 0 Å². The number of amides is 1. The maximum atomic E-state index is 11.3. The molecule has 92 valence electrons. The number of nitrogens with zero attached hydrogens (tertiary/aromatic N) is 1. The second-order valence-electron chi connectivity index (χ2n) is 2.91. The van der Waals surface area contributed by atoms with Gasteiger partial charge in [-0.2, -0.15) is 18.4 Å². The first-order valence-corrected chi connectivity index (χ1v) is 6.30. The second kappa shape index (κ2) is 7.03. The van der Waals surface area contributed by atoms with Crippen molar-refractivity contribution < 1.29 is 17.9 Å². The molecule has 0 aromatic heterocycles. The van der Waals surface area contributed by atoms with Crippen LogP contribution in [0, 0.1) is 11.3 Å². The zero-order valence-electron chi connectivity index (χ0n) is 9.19. The van der Waals surface area contributed by atoms with Gasteiger partial charge in [-0.3, -0.25) is 0 Å². The van der Waals surface area contributed by atoms with Crippen molar-refractivity contribution >= 4 is 16.3 Å². The Bertz CT molecular complexity index is 360. The Balaban J connectivity index is 4.34. The van der Waals surface area contributed by atoms with Crippen LogP contribution in [0.1, 0.15) is 26.7 Å². The van der Waals surface area contributed by atoms with Gasteiger partial charge in [-0.1, -0.05) is 13.3 Å². The van der Waals surface area contributed by atoms with Gasteiger partial charge in [0.2, 0.25) is 0 Å². The third-order valence-electron chi connectivity index (χ3n) is 1.52. The molecule has 0 spiro atoms. The molecule has 0 saturated carbocycles. The van der Waals surface area contributed by atoms with E-state index < -0.39 is 22.3 Å². The number of rotatable bonds is 6. The summed E-state index contributed by atoms with van der Waals surface area (Å²) in [6, 6.07) is 0.932. The van der Waals surface area contributed by atoms with Gasteiger partial charge in [0.25, 0.3) is 0 Å². The average Bonchev–Trinajstić information content (AvgIpc) is 2.16. The number of ether oxygens (including phenoxy) is 1. The van der Waals surface area contributed by atoms with Gasteiger partial charge in [-0.15, -0.1) is 0 Å². The first kappa shape index (κ1) is 14.7. The highest BCUT2D eigenvalue weighted by molar-refractivity contribution is 7.88. The van der Waals surface area contributed by atoms with Crippen molar-refractivity contribution in [1.29, 1.82) is 5.26 Å². The summed E-state index contributed by atoms with van der Waals surface area (Å²) >= 11 is 0. The zero-order valence-corrected chi connectivity index (χ0v) is 10.0. The summed E-state index contributed by atoms with van der Waals surface area (Å²) in [5.41, 5.74) is 0. The van der Waals surface area contributed by atoms with Gasteiger partial charge in [0.05, 0.1) is 12.7 Å². The molecule has 0 aromatic carbocycles. The van der Waals surface area contributed by atoms with Crippen LogP contribution in [0.25, 0.3) is 0 Å². The van der Waals surface area contributed by atoms with Crippen LogP contribution < -0.4 is 9.44 Å². The molecule has 1 atom stereocenters. The van der Waals surface area contributed by atoms with E-state index in [0.717, 1.165) is 0 Å². The molecule has 0 fully saturated rings. The van der Waals surface area contributed by atoms with Crippen molar-refractivity contribution in [3.8, 4) is 6.07 Å². The first-order chi connectivity index (χ1) is 7.45. The minimum atomic E-state index is -4.03. The van der Waals surface area contributed by atoms with Gasteiger partial charge >= 0.3 is 16.3 Å². The second-order valence-corrected chi connectivity index (χ2v) is 4.36. The van der Waals surface area contributed by atoms with Crippen molar-refractivity contribution in [2.75, 3.05) is 6.61 Å². The fraction of sp³-hybridized carbons (Fsp3) is 0.750. The molecule has 1 amide bonds. The van der Waals surface area contributed by atoms with Crippen LogP contribution in [0.2, 0.25) is 0 Å². The largest absolute Gasteiger partial charge is 0.449 e. The lowest BCUT2D eigenvalue weighted by atomic mass is 10.2. The summed E-state index contributed by atoms with van der Waals surface area (Å²) in [4.78, 5) is 10.9. The van der Waals surface area contributed by atoms with Gasteiger partial charge in [-0.25, -0.2) is 9.52 Å². The SMILES string of the molecule is CCCC(C#N)NS(=O)(=O)NC(=O)OCC. The first-order valence-electron chi connectivity index (χ1n) is 4.81. The molecule has 16 heavy (non-hydrogen) atoms. The summed E-state index contributed by atoms with van der Waals surface area (Å²) in [5.74, 6) is 0. The molecular formula is C8H15N3O4S. The Morgan fingerprint density at radius 3 is 2.56 bits per heavy atom. The van der Waals surface area contributed by atoms with Gasteiger partial charge in [0, 0.05) is 0 Å². The predicted molar refractivity (Wildman–Crippen MR) is 56.5 cm³/mol. The summed E-state index contributed by atoms with van der Waals surface area (Å²) in [6.07, 6.45) is -0.0383. The van der Waals surface area contributed by atoms with Crippen LogP contribution in [0.3, 0.4) is 0 Å². The molecular weight excluding hydrogens is 234 g/mol. The van der Waals surface area contributed by atoms with Crippen LogP contribution in [0.15, 0.2) is 0 Å². The summed E-state index contributed by atoms with van der Waals surface area (Å²) in [5, 5.41) is 8.64. The van der Waals surface area contributed by atoms with Crippen LogP contribution in [0.5, 0.6) is 0 Å². The van der Waals surface area contributed by atoms with E-state index in [1.54, 1.807) is 17.7 Å². The molecule has 8 heteroatoms. The molecule has 0 saturated heterocycles. The Hall–Kier alpha value is -1.33. The molecule has 0 radical (unpaired) electrons. The molecule has 0 bridgehead atoms. The lowest BCUT2D eigenvalue weighted by Crippen LogP contribution is -2.44. The predicted octanol–water partition coefficient (Wildman–Crippen LogP) is 0.259. The van der Waals surface area contributed by atoms with Crippen molar-refractivity contribution in [3.05, 3.63) is 0 Å². The molecule has 0 rings (SSSR count). The summed E-state index contributed by atoms with van der Waals surface area (Å²) in [6.45, 7) is 3.43. The number of nitrogens with one attached hydrogen (secondary N) is 2. The van der Waals surface area contributed by atoms with E-state index in [4.69, 9.17) is 5.26 Å². The monoisotopic (exact) mass is 249 g/mol. The van der Waals surface area contributed by atoms with Gasteiger partial charge < -0.3 is 4.74 Å². The van der Waals surface area contributed by atoms with E-state index in [0.29, 0.717) is 12.8 Å². The normalized spacial score (nSPS) is 12.6. The molecule has 0 aliphatic rings. The molecule has 0 aromatic rings. The number of hydrogen-bond donors (Lipinski definition) is 2. The van der Waals surface area contributed by atoms with Crippen LogP contribution in [0.4, 0.5) is 4.79 Å². The lowest BCUT2D eigenvalue weighted by molar-refractivity contribution is 0.158. The molecule has 1 unspecified atom stereocenters. The van der Waals surface area contributed by atoms with Crippen LogP contribution in [-0.2, 0) is 14.9 Å². The minimum absolute atomic E-state index is 0.0675. The van der Waals surface area contributed by atoms with E-state index in [2.05, 4.69) is 4.74 Å². The maximum absolute atomic E-state index is 11.3. The quantitative estimate of drug-likeness (QED) is 0.701. The third kappa shape index (κ3) is 6.21. The minimum Gasteiger partial charge on any atom is -0.449 e. The van der Waals surface area contributed by atoms with Crippen molar-refractivity contribution in [2.45, 2.75) is 32.7 Å². The lowest BCUT2D eigenvalue weighted by Gasteiger charge is -2.11. The standard InChI is InChI=1S/C8H15N3O4S/c1-3-5-7(6-9)10-16(13,14)11-8(12)15-4-2/h7,10H,3-5H2,1-2H3,(H,11,12). The Kier molecular flexibility index (Phi) is 6.44. The van der Waals surface area contributed by atoms with Gasteiger partial charge in [0.1, 0.15) is 6.04 Å². The summed E-state index contributed by atoms with van der Waals surface area (Å²) < 4.78 is 30.6. The third-order valence-corrected chi connectivity index (χ3v) is 2.55. The number of carbonyl (C=O) groups is 1. The van der Waals surface area contributed by atoms with E-state index >= 15 is 0 Å². The average molecular weight is 249 g/mol. The highest BCUT2D eigenvalue weighted by Gasteiger charge is 2.19. The van der Waals surface area contributed by atoms with E-state index in [-0.39, 0.29) is 6.61 Å². The Labute approximate surface area is 95.0 Å². The number of nitriles is 1. The molecule has 7 nitrogen and oxygen atoms in total. The highest BCUT2D eigenvalue weighted by Crippen LogP contribution is 1.96. The fourth-order valence-electron chi connectivity index (χ4n) is 0.926. The van der Waals surface area contributed by atoms with Crippen molar-refractivity contribution in [1.82, 2.24) is 9.44 Å². The van der Waals surface area contributed by atoms with E-state index in [9.17, 15) is 13.2 Å². The van der Waals surface area contributed by atoms with Crippen molar-refractivity contribution in [2.24, 2.45) is 0 Å². The highest BCUT2D eigenvalue weighted by atomic mass is 32.2. The van der Waals surface area contributed by atoms with Gasteiger partial charge in [-0.05, 0) is 13.3 Å². The smallest absolute Gasteiger partial charge is 0.421 e. The Morgan fingerprint density at radius 2 is 2.12 bits per heavy atom. The molecule has 0 aliphatic carbocycles. The maximum Gasteiger partial charge on any atom is 0.421 e. The van der Waals surface area contributed by atoms with E-state index in [1.165, 1.54) is 0 Å². The van der Waals surface area contributed by atoms with Gasteiger partial charge in [0.15, 0.2) is 0 Å². The van der Waals surface area contributed by atoms with E-state index in [1.807, 2.05) is 11.6 Å². The zero-order chi connectivity index (χ0) is 12.6. The summed E-state index contributed by atoms with van der Waals surface area (Å²) in [7, 11) is -4.03.